The van der Waals surface area contributed by atoms with Crippen molar-refractivity contribution >= 4 is 35.0 Å². The molecule has 1 atom stereocenters. The molecule has 3 rings (SSSR count). The Balaban J connectivity index is 1.63. The predicted molar refractivity (Wildman–Crippen MR) is 111 cm³/mol. The largest absolute Gasteiger partial charge is 0.389 e. The predicted octanol–water partition coefficient (Wildman–Crippen LogP) is 1.95. The van der Waals surface area contributed by atoms with E-state index in [1.807, 2.05) is 11.8 Å². The van der Waals surface area contributed by atoms with E-state index in [1.165, 1.54) is 0 Å². The van der Waals surface area contributed by atoms with Gasteiger partial charge in [-0.3, -0.25) is 4.90 Å². The first-order chi connectivity index (χ1) is 13.5. The molecule has 0 saturated carbocycles. The molecule has 1 saturated heterocycles. The molecule has 1 aliphatic heterocycles. The normalized spacial score (nSPS) is 16.4. The summed E-state index contributed by atoms with van der Waals surface area (Å²) in [6, 6.07) is 5.25. The summed E-state index contributed by atoms with van der Waals surface area (Å²) in [6.07, 6.45) is -0.484. The summed E-state index contributed by atoms with van der Waals surface area (Å²) < 4.78 is 5.26. The Morgan fingerprint density at radius 3 is 2.64 bits per heavy atom. The molecular formula is C18H24Cl2N6O2. The lowest BCUT2D eigenvalue weighted by atomic mass is 10.1. The highest BCUT2D eigenvalue weighted by Gasteiger charge is 2.22. The van der Waals surface area contributed by atoms with Gasteiger partial charge in [0.2, 0.25) is 5.95 Å². The van der Waals surface area contributed by atoms with Crippen LogP contribution < -0.4 is 10.6 Å². The van der Waals surface area contributed by atoms with Crippen molar-refractivity contribution < 1.29 is 9.84 Å². The van der Waals surface area contributed by atoms with Crippen molar-refractivity contribution in [3.05, 3.63) is 28.2 Å². The second-order valence-corrected chi connectivity index (χ2v) is 7.33. The van der Waals surface area contributed by atoms with E-state index in [4.69, 9.17) is 33.7 Å². The highest BCUT2D eigenvalue weighted by molar-refractivity contribution is 6.43. The zero-order valence-corrected chi connectivity index (χ0v) is 17.2. The van der Waals surface area contributed by atoms with Crippen LogP contribution in [0.5, 0.6) is 0 Å². The number of halogens is 2. The van der Waals surface area contributed by atoms with E-state index in [0.29, 0.717) is 47.0 Å². The maximum absolute atomic E-state index is 9.98. The van der Waals surface area contributed by atoms with Crippen LogP contribution in [0.15, 0.2) is 18.2 Å². The molecular weight excluding hydrogens is 403 g/mol. The van der Waals surface area contributed by atoms with E-state index in [0.717, 1.165) is 26.2 Å². The quantitative estimate of drug-likeness (QED) is 0.692. The first kappa shape index (κ1) is 21.0. The fourth-order valence-corrected chi connectivity index (χ4v) is 3.47. The second-order valence-electron chi connectivity index (χ2n) is 6.55. The van der Waals surface area contributed by atoms with Crippen molar-refractivity contribution in [1.29, 1.82) is 0 Å². The van der Waals surface area contributed by atoms with Crippen LogP contribution in [-0.2, 0) is 4.74 Å². The van der Waals surface area contributed by atoms with Gasteiger partial charge in [-0.05, 0) is 13.0 Å². The molecule has 152 valence electrons. The van der Waals surface area contributed by atoms with Gasteiger partial charge in [0, 0.05) is 44.9 Å². The number of anilines is 2. The van der Waals surface area contributed by atoms with Gasteiger partial charge in [-0.15, -0.1) is 10.2 Å². The van der Waals surface area contributed by atoms with Crippen molar-refractivity contribution in [1.82, 2.24) is 20.1 Å². The number of β-amino-alcohol motifs (C(OH)–C–C–N with tert-alkyl or cyclic N) is 1. The number of nitrogens with two attached hydrogens (primary N) is 1. The van der Waals surface area contributed by atoms with Crippen LogP contribution in [0.4, 0.5) is 11.8 Å². The molecule has 1 aromatic carbocycles. The summed E-state index contributed by atoms with van der Waals surface area (Å²) in [4.78, 5) is 8.63. The number of ether oxygens (including phenoxy) is 1. The first-order valence-electron chi connectivity index (χ1n) is 9.17. The highest BCUT2D eigenvalue weighted by atomic mass is 35.5. The fraction of sp³-hybridized carbons (Fsp3) is 0.500. The zero-order valence-electron chi connectivity index (χ0n) is 15.7. The average Bonchev–Trinajstić information content (AvgIpc) is 2.69. The summed E-state index contributed by atoms with van der Waals surface area (Å²) in [5.74, 6) is 0.734. The highest BCUT2D eigenvalue weighted by Crippen LogP contribution is 2.34. The van der Waals surface area contributed by atoms with Crippen molar-refractivity contribution in [3.63, 3.8) is 0 Å². The Morgan fingerprint density at radius 2 is 1.96 bits per heavy atom. The number of hydrogen-bond acceptors (Lipinski definition) is 8. The minimum absolute atomic E-state index is 0.253. The maximum Gasteiger partial charge on any atom is 0.247 e. The van der Waals surface area contributed by atoms with Crippen LogP contribution >= 0.6 is 23.2 Å². The molecule has 1 aromatic heterocycles. The van der Waals surface area contributed by atoms with Crippen molar-refractivity contribution in [2.24, 2.45) is 0 Å². The Labute approximate surface area is 174 Å². The van der Waals surface area contributed by atoms with Crippen molar-refractivity contribution in [3.8, 4) is 11.3 Å². The van der Waals surface area contributed by atoms with Crippen LogP contribution in [0.2, 0.25) is 10.0 Å². The van der Waals surface area contributed by atoms with Crippen LogP contribution in [0.3, 0.4) is 0 Å². The summed E-state index contributed by atoms with van der Waals surface area (Å²) in [5, 5.41) is 19.2. The van der Waals surface area contributed by atoms with Gasteiger partial charge in [0.05, 0.1) is 22.8 Å². The second kappa shape index (κ2) is 9.67. The minimum atomic E-state index is -0.484. The number of aliphatic hydroxyl groups is 1. The standard InChI is InChI=1S/C18H24Cl2N6O2/c1-2-28-11-12(27)10-25-6-8-26(9-7-25)18-22-17(21)16(23-24-18)13-4-3-5-14(19)15(13)20/h3-5,12,27H,2,6-11H2,1H3,(H2,21,22,24). The SMILES string of the molecule is CCOCC(O)CN1CCN(c2nnc(-c3cccc(Cl)c3Cl)c(N)n2)CC1. The number of nitrogens with zero attached hydrogens (tertiary/aromatic N) is 5. The number of hydrogen-bond donors (Lipinski definition) is 2. The van der Waals surface area contributed by atoms with Crippen molar-refractivity contribution in [2.45, 2.75) is 13.0 Å². The third kappa shape index (κ3) is 5.01. The van der Waals surface area contributed by atoms with Crippen LogP contribution in [-0.4, -0.2) is 77.2 Å². The average molecular weight is 427 g/mol. The van der Waals surface area contributed by atoms with E-state index in [-0.39, 0.29) is 5.82 Å². The molecule has 0 radical (unpaired) electrons. The molecule has 8 nitrogen and oxygen atoms in total. The molecule has 0 aliphatic carbocycles. The smallest absolute Gasteiger partial charge is 0.247 e. The molecule has 0 bridgehead atoms. The van der Waals surface area contributed by atoms with Crippen LogP contribution in [0.25, 0.3) is 11.3 Å². The Hall–Kier alpha value is -1.71. The topological polar surface area (TPSA) is 101 Å². The van der Waals surface area contributed by atoms with Gasteiger partial charge in [-0.1, -0.05) is 35.3 Å². The molecule has 2 aromatic rings. The van der Waals surface area contributed by atoms with Gasteiger partial charge in [0.15, 0.2) is 5.82 Å². The Kier molecular flexibility index (Phi) is 7.25. The van der Waals surface area contributed by atoms with E-state index < -0.39 is 6.10 Å². The monoisotopic (exact) mass is 426 g/mol. The molecule has 0 amide bonds. The number of aromatic nitrogens is 3. The molecule has 2 heterocycles. The summed E-state index contributed by atoms with van der Waals surface area (Å²) in [7, 11) is 0. The van der Waals surface area contributed by atoms with Gasteiger partial charge < -0.3 is 20.5 Å². The molecule has 3 N–H and O–H groups in total. The molecule has 28 heavy (non-hydrogen) atoms. The van der Waals surface area contributed by atoms with Crippen LogP contribution in [0.1, 0.15) is 6.92 Å². The van der Waals surface area contributed by atoms with Crippen LogP contribution in [0, 0.1) is 0 Å². The number of nitrogen functional groups attached to an aromatic ring is 1. The lowest BCUT2D eigenvalue weighted by Gasteiger charge is -2.35. The number of benzene rings is 1. The third-order valence-electron chi connectivity index (χ3n) is 4.55. The lowest BCUT2D eigenvalue weighted by molar-refractivity contribution is 0.0202. The van der Waals surface area contributed by atoms with Gasteiger partial charge in [0.25, 0.3) is 0 Å². The summed E-state index contributed by atoms with van der Waals surface area (Å²) in [5.41, 5.74) is 7.13. The van der Waals surface area contributed by atoms with Gasteiger partial charge >= 0.3 is 0 Å². The molecule has 10 heteroatoms. The first-order valence-corrected chi connectivity index (χ1v) is 9.92. The Morgan fingerprint density at radius 1 is 1.21 bits per heavy atom. The molecule has 1 fully saturated rings. The molecule has 1 unspecified atom stereocenters. The third-order valence-corrected chi connectivity index (χ3v) is 5.37. The zero-order chi connectivity index (χ0) is 20.1. The van der Waals surface area contributed by atoms with E-state index >= 15 is 0 Å². The molecule has 1 aliphatic rings. The van der Waals surface area contributed by atoms with Gasteiger partial charge in [0.1, 0.15) is 5.69 Å². The Bertz CT molecular complexity index is 802. The molecule has 0 spiro atoms. The summed E-state index contributed by atoms with van der Waals surface area (Å²) in [6.45, 7) is 6.47. The number of aliphatic hydroxyl groups excluding tert-OH is 1. The van der Waals surface area contributed by atoms with E-state index in [9.17, 15) is 5.11 Å². The van der Waals surface area contributed by atoms with Gasteiger partial charge in [-0.25, -0.2) is 0 Å². The van der Waals surface area contributed by atoms with Crippen molar-refractivity contribution in [2.75, 3.05) is 56.6 Å². The lowest BCUT2D eigenvalue weighted by Crippen LogP contribution is -2.49. The summed E-state index contributed by atoms with van der Waals surface area (Å²) >= 11 is 12.3. The fourth-order valence-electron chi connectivity index (χ4n) is 3.08. The minimum Gasteiger partial charge on any atom is -0.389 e. The number of piperazine rings is 1. The van der Waals surface area contributed by atoms with Gasteiger partial charge in [-0.2, -0.15) is 4.98 Å². The van der Waals surface area contributed by atoms with E-state index in [1.54, 1.807) is 18.2 Å². The van der Waals surface area contributed by atoms with E-state index in [2.05, 4.69) is 20.1 Å². The maximum atomic E-state index is 9.98. The number of rotatable bonds is 7.